The Morgan fingerprint density at radius 2 is 1.83 bits per heavy atom. The molecule has 2 atom stereocenters. The summed E-state index contributed by atoms with van der Waals surface area (Å²) in [5, 5.41) is 19.7. The highest BCUT2D eigenvalue weighted by Gasteiger charge is 2.33. The predicted molar refractivity (Wildman–Crippen MR) is 39.8 cm³/mol. The molecule has 5 nitrogen and oxygen atoms in total. The van der Waals surface area contributed by atoms with Crippen molar-refractivity contribution in [2.24, 2.45) is 5.92 Å². The van der Waals surface area contributed by atoms with Gasteiger partial charge in [0.25, 0.3) is 0 Å². The van der Waals surface area contributed by atoms with Crippen LogP contribution in [0.5, 0.6) is 0 Å². The maximum atomic E-state index is 10.3. The number of nitrogens with one attached hydrogen (secondary N) is 1. The lowest BCUT2D eigenvalue weighted by molar-refractivity contribution is -0.142. The van der Waals surface area contributed by atoms with Crippen molar-refractivity contribution in [3.8, 4) is 0 Å². The van der Waals surface area contributed by atoms with E-state index in [9.17, 15) is 9.59 Å². The molecule has 0 aromatic heterocycles. The second kappa shape index (κ2) is 3.53. The summed E-state index contributed by atoms with van der Waals surface area (Å²) in [6.07, 6.45) is 0.0723. The Hall–Kier alpha value is -1.10. The van der Waals surface area contributed by atoms with E-state index in [-0.39, 0.29) is 24.8 Å². The molecule has 68 valence electrons. The van der Waals surface area contributed by atoms with Crippen molar-refractivity contribution >= 4 is 11.9 Å². The largest absolute Gasteiger partial charge is 0.481 e. The van der Waals surface area contributed by atoms with Crippen molar-refractivity contribution in [2.75, 3.05) is 6.54 Å². The summed E-state index contributed by atoms with van der Waals surface area (Å²) in [5.74, 6) is -1.77. The molecule has 0 aromatic rings. The molecule has 0 bridgehead atoms. The first-order valence-corrected chi connectivity index (χ1v) is 3.76. The molecule has 0 amide bonds. The quantitative estimate of drug-likeness (QED) is 0.534. The van der Waals surface area contributed by atoms with Crippen molar-refractivity contribution in [3.05, 3.63) is 0 Å². The molecule has 1 fully saturated rings. The smallest absolute Gasteiger partial charge is 0.304 e. The lowest BCUT2D eigenvalue weighted by atomic mass is 9.86. The van der Waals surface area contributed by atoms with Crippen LogP contribution in [-0.4, -0.2) is 34.7 Å². The highest BCUT2D eigenvalue weighted by molar-refractivity contribution is 5.69. The van der Waals surface area contributed by atoms with Gasteiger partial charge in [0.1, 0.15) is 0 Å². The van der Waals surface area contributed by atoms with Gasteiger partial charge in [-0.25, -0.2) is 0 Å². The number of carboxylic acid groups (broad SMARTS) is 2. The van der Waals surface area contributed by atoms with E-state index in [1.54, 1.807) is 0 Å². The van der Waals surface area contributed by atoms with Crippen LogP contribution in [0.2, 0.25) is 0 Å². The zero-order valence-corrected chi connectivity index (χ0v) is 6.49. The minimum atomic E-state index is -0.886. The summed E-state index contributed by atoms with van der Waals surface area (Å²) in [6, 6.07) is -0.154. The van der Waals surface area contributed by atoms with Crippen molar-refractivity contribution in [1.82, 2.24) is 5.32 Å². The predicted octanol–water partition coefficient (Wildman–Crippen LogP) is -0.476. The Kier molecular flexibility index (Phi) is 2.65. The van der Waals surface area contributed by atoms with Gasteiger partial charge in [-0.2, -0.15) is 0 Å². The molecule has 0 saturated carbocycles. The fourth-order valence-corrected chi connectivity index (χ4v) is 1.32. The number of aliphatic carboxylic acids is 2. The molecule has 0 spiro atoms. The SMILES string of the molecule is O=C(O)C[C@H]1CN[C@@H]1CC(=O)O. The molecule has 1 rings (SSSR count). The lowest BCUT2D eigenvalue weighted by Gasteiger charge is -2.36. The van der Waals surface area contributed by atoms with Crippen LogP contribution in [0.1, 0.15) is 12.8 Å². The van der Waals surface area contributed by atoms with Gasteiger partial charge in [-0.3, -0.25) is 9.59 Å². The first kappa shape index (κ1) is 8.99. The number of carbonyl (C=O) groups is 2. The van der Waals surface area contributed by atoms with Crippen LogP contribution in [0.3, 0.4) is 0 Å². The van der Waals surface area contributed by atoms with E-state index in [1.807, 2.05) is 0 Å². The summed E-state index contributed by atoms with van der Waals surface area (Å²) in [7, 11) is 0. The van der Waals surface area contributed by atoms with E-state index in [0.29, 0.717) is 6.54 Å². The van der Waals surface area contributed by atoms with Crippen LogP contribution < -0.4 is 5.32 Å². The van der Waals surface area contributed by atoms with Crippen LogP contribution in [0, 0.1) is 5.92 Å². The third kappa shape index (κ3) is 2.20. The van der Waals surface area contributed by atoms with E-state index < -0.39 is 11.9 Å². The topological polar surface area (TPSA) is 86.6 Å². The van der Waals surface area contributed by atoms with Crippen LogP contribution >= 0.6 is 0 Å². The average Bonchev–Trinajstić information content (AvgIpc) is 1.93. The van der Waals surface area contributed by atoms with Crippen LogP contribution in [-0.2, 0) is 9.59 Å². The van der Waals surface area contributed by atoms with Crippen molar-refractivity contribution in [1.29, 1.82) is 0 Å². The maximum absolute atomic E-state index is 10.3. The lowest BCUT2D eigenvalue weighted by Crippen LogP contribution is -2.54. The van der Waals surface area contributed by atoms with Gasteiger partial charge in [0, 0.05) is 12.6 Å². The van der Waals surface area contributed by atoms with Gasteiger partial charge in [0.05, 0.1) is 12.8 Å². The molecule has 3 N–H and O–H groups in total. The van der Waals surface area contributed by atoms with E-state index in [0.717, 1.165) is 0 Å². The molecule has 0 aliphatic carbocycles. The average molecular weight is 173 g/mol. The molecule has 0 unspecified atom stereocenters. The Bertz CT molecular complexity index is 182. The zero-order chi connectivity index (χ0) is 9.14. The van der Waals surface area contributed by atoms with Crippen molar-refractivity contribution < 1.29 is 19.8 Å². The molecule has 1 aliphatic rings. The molecule has 1 saturated heterocycles. The van der Waals surface area contributed by atoms with Gasteiger partial charge in [-0.05, 0) is 5.92 Å². The molecule has 5 heteroatoms. The number of hydrogen-bond acceptors (Lipinski definition) is 3. The monoisotopic (exact) mass is 173 g/mol. The molecular formula is C7H11NO4. The second-order valence-corrected chi connectivity index (χ2v) is 2.97. The highest BCUT2D eigenvalue weighted by Crippen LogP contribution is 2.19. The standard InChI is InChI=1S/C7H11NO4/c9-6(10)1-4-3-8-5(4)2-7(11)12/h4-5,8H,1-3H2,(H,9,10)(H,11,12)/t4-,5+/m0/s1. The first-order valence-electron chi connectivity index (χ1n) is 3.76. The van der Waals surface area contributed by atoms with E-state index >= 15 is 0 Å². The van der Waals surface area contributed by atoms with E-state index in [2.05, 4.69) is 5.32 Å². The Labute approximate surface area is 69.4 Å². The highest BCUT2D eigenvalue weighted by atomic mass is 16.4. The second-order valence-electron chi connectivity index (χ2n) is 2.97. The summed E-state index contributed by atoms with van der Waals surface area (Å²) in [6.45, 7) is 0.615. The summed E-state index contributed by atoms with van der Waals surface area (Å²) in [5.41, 5.74) is 0. The molecule has 12 heavy (non-hydrogen) atoms. The van der Waals surface area contributed by atoms with E-state index in [1.165, 1.54) is 0 Å². The number of rotatable bonds is 4. The van der Waals surface area contributed by atoms with Gasteiger partial charge in [-0.15, -0.1) is 0 Å². The summed E-state index contributed by atoms with van der Waals surface area (Å²) >= 11 is 0. The Morgan fingerprint density at radius 3 is 2.17 bits per heavy atom. The Morgan fingerprint density at radius 1 is 1.25 bits per heavy atom. The molecular weight excluding hydrogens is 162 g/mol. The van der Waals surface area contributed by atoms with Crippen molar-refractivity contribution in [2.45, 2.75) is 18.9 Å². The first-order chi connectivity index (χ1) is 5.59. The van der Waals surface area contributed by atoms with Gasteiger partial charge in [0.15, 0.2) is 0 Å². The van der Waals surface area contributed by atoms with Gasteiger partial charge in [-0.1, -0.05) is 0 Å². The van der Waals surface area contributed by atoms with Crippen LogP contribution in [0.15, 0.2) is 0 Å². The molecule has 0 aromatic carbocycles. The van der Waals surface area contributed by atoms with Gasteiger partial charge < -0.3 is 15.5 Å². The molecule has 0 radical (unpaired) electrons. The van der Waals surface area contributed by atoms with Crippen LogP contribution in [0.4, 0.5) is 0 Å². The van der Waals surface area contributed by atoms with Gasteiger partial charge >= 0.3 is 11.9 Å². The number of carboxylic acids is 2. The normalized spacial score (nSPS) is 27.7. The number of hydrogen-bond donors (Lipinski definition) is 3. The van der Waals surface area contributed by atoms with Crippen molar-refractivity contribution in [3.63, 3.8) is 0 Å². The summed E-state index contributed by atoms with van der Waals surface area (Å²) in [4.78, 5) is 20.5. The zero-order valence-electron chi connectivity index (χ0n) is 6.49. The Balaban J connectivity index is 2.29. The third-order valence-electron chi connectivity index (χ3n) is 2.04. The minimum absolute atomic E-state index is 0.0119. The van der Waals surface area contributed by atoms with Gasteiger partial charge in [0.2, 0.25) is 0 Å². The van der Waals surface area contributed by atoms with E-state index in [4.69, 9.17) is 10.2 Å². The maximum Gasteiger partial charge on any atom is 0.304 e. The fraction of sp³-hybridized carbons (Fsp3) is 0.714. The summed E-state index contributed by atoms with van der Waals surface area (Å²) < 4.78 is 0. The molecule has 1 aliphatic heterocycles. The third-order valence-corrected chi connectivity index (χ3v) is 2.04. The molecule has 1 heterocycles. The fourth-order valence-electron chi connectivity index (χ4n) is 1.32. The van der Waals surface area contributed by atoms with Crippen LogP contribution in [0.25, 0.3) is 0 Å². The minimum Gasteiger partial charge on any atom is -0.481 e.